The molecule has 3 aromatic rings. The van der Waals surface area contributed by atoms with Gasteiger partial charge in [0, 0.05) is 30.4 Å². The van der Waals surface area contributed by atoms with Gasteiger partial charge in [-0.2, -0.15) is 5.10 Å². The van der Waals surface area contributed by atoms with Crippen LogP contribution in [0.1, 0.15) is 56.9 Å². The van der Waals surface area contributed by atoms with E-state index >= 15 is 0 Å². The number of nitrogens with zero attached hydrogens (tertiary/aromatic N) is 2. The van der Waals surface area contributed by atoms with Crippen molar-refractivity contribution >= 4 is 11.8 Å². The fourth-order valence-electron chi connectivity index (χ4n) is 3.93. The van der Waals surface area contributed by atoms with E-state index in [1.165, 1.54) is 6.42 Å². The summed E-state index contributed by atoms with van der Waals surface area (Å²) in [6, 6.07) is 17.2. The van der Waals surface area contributed by atoms with Crippen molar-refractivity contribution in [1.29, 1.82) is 0 Å². The molecule has 2 amide bonds. The number of hydrogen-bond donors (Lipinski definition) is 2. The molecule has 30 heavy (non-hydrogen) atoms. The van der Waals surface area contributed by atoms with Crippen LogP contribution in [0.5, 0.6) is 0 Å². The lowest BCUT2D eigenvalue weighted by molar-refractivity contribution is 0.0940. The van der Waals surface area contributed by atoms with Crippen LogP contribution in [0, 0.1) is 0 Å². The van der Waals surface area contributed by atoms with Gasteiger partial charge in [0.05, 0.1) is 5.69 Å². The van der Waals surface area contributed by atoms with E-state index in [0.717, 1.165) is 48.2 Å². The minimum absolute atomic E-state index is 0.125. The highest BCUT2D eigenvalue weighted by molar-refractivity contribution is 5.94. The standard InChI is InChI=1S/C24H26N4O2/c1-25-23(29)18-14-12-17(13-15-18)16-26-24(30)22-20-10-6-3-7-11-21(20)28(27-22)19-8-4-2-5-9-19/h2,4-5,8-9,12-15H,3,6-7,10-11,16H2,1H3,(H,25,29)(H,26,30). The number of fused-ring (bicyclic) bond motifs is 1. The number of carbonyl (C=O) groups excluding carboxylic acids is 2. The molecule has 0 radical (unpaired) electrons. The molecular weight excluding hydrogens is 376 g/mol. The van der Waals surface area contributed by atoms with Gasteiger partial charge in [0.2, 0.25) is 0 Å². The summed E-state index contributed by atoms with van der Waals surface area (Å²) in [5, 5.41) is 10.3. The van der Waals surface area contributed by atoms with Crippen molar-refractivity contribution in [2.75, 3.05) is 7.05 Å². The molecule has 0 unspecified atom stereocenters. The van der Waals surface area contributed by atoms with Crippen LogP contribution in [0.15, 0.2) is 54.6 Å². The molecule has 1 heterocycles. The molecule has 0 spiro atoms. The number of nitrogens with one attached hydrogen (secondary N) is 2. The predicted octanol–water partition coefficient (Wildman–Crippen LogP) is 3.43. The zero-order chi connectivity index (χ0) is 20.9. The second kappa shape index (κ2) is 8.95. The van der Waals surface area contributed by atoms with Crippen molar-refractivity contribution in [3.63, 3.8) is 0 Å². The lowest BCUT2D eigenvalue weighted by atomic mass is 10.1. The maximum Gasteiger partial charge on any atom is 0.272 e. The molecule has 0 aliphatic heterocycles. The third-order valence-corrected chi connectivity index (χ3v) is 5.54. The van der Waals surface area contributed by atoms with Gasteiger partial charge >= 0.3 is 0 Å². The van der Waals surface area contributed by atoms with Crippen LogP contribution in [-0.4, -0.2) is 28.6 Å². The molecule has 6 heteroatoms. The topological polar surface area (TPSA) is 76.0 Å². The predicted molar refractivity (Wildman–Crippen MR) is 116 cm³/mol. The summed E-state index contributed by atoms with van der Waals surface area (Å²) in [6.07, 6.45) is 5.18. The Bertz CT molecular complexity index is 1040. The van der Waals surface area contributed by atoms with Gasteiger partial charge in [0.1, 0.15) is 0 Å². The van der Waals surface area contributed by atoms with E-state index in [-0.39, 0.29) is 11.8 Å². The lowest BCUT2D eigenvalue weighted by Gasteiger charge is -2.06. The Hall–Kier alpha value is -3.41. The number of benzene rings is 2. The summed E-state index contributed by atoms with van der Waals surface area (Å²) in [4.78, 5) is 24.7. The quantitative estimate of drug-likeness (QED) is 0.642. The van der Waals surface area contributed by atoms with E-state index in [0.29, 0.717) is 17.8 Å². The molecule has 6 nitrogen and oxygen atoms in total. The Morgan fingerprint density at radius 1 is 0.933 bits per heavy atom. The van der Waals surface area contributed by atoms with Gasteiger partial charge in [0.15, 0.2) is 5.69 Å². The number of aromatic nitrogens is 2. The lowest BCUT2D eigenvalue weighted by Crippen LogP contribution is -2.24. The van der Waals surface area contributed by atoms with Crippen LogP contribution >= 0.6 is 0 Å². The Balaban J connectivity index is 1.55. The van der Waals surface area contributed by atoms with E-state index in [9.17, 15) is 9.59 Å². The molecule has 0 saturated carbocycles. The zero-order valence-electron chi connectivity index (χ0n) is 17.1. The van der Waals surface area contributed by atoms with Gasteiger partial charge in [-0.25, -0.2) is 4.68 Å². The first kappa shape index (κ1) is 19.9. The van der Waals surface area contributed by atoms with Crippen LogP contribution < -0.4 is 10.6 Å². The molecule has 0 saturated heterocycles. The largest absolute Gasteiger partial charge is 0.355 e. The highest BCUT2D eigenvalue weighted by Crippen LogP contribution is 2.26. The third-order valence-electron chi connectivity index (χ3n) is 5.54. The molecule has 0 bridgehead atoms. The van der Waals surface area contributed by atoms with Crippen molar-refractivity contribution in [1.82, 2.24) is 20.4 Å². The summed E-state index contributed by atoms with van der Waals surface area (Å²) >= 11 is 0. The fraction of sp³-hybridized carbons (Fsp3) is 0.292. The first-order valence-electron chi connectivity index (χ1n) is 10.4. The van der Waals surface area contributed by atoms with Gasteiger partial charge in [0.25, 0.3) is 11.8 Å². The monoisotopic (exact) mass is 402 g/mol. The summed E-state index contributed by atoms with van der Waals surface area (Å²) in [5.74, 6) is -0.280. The normalized spacial score (nSPS) is 13.2. The Kier molecular flexibility index (Phi) is 5.93. The van der Waals surface area contributed by atoms with E-state index < -0.39 is 0 Å². The van der Waals surface area contributed by atoms with E-state index in [1.807, 2.05) is 47.1 Å². The Morgan fingerprint density at radius 2 is 1.67 bits per heavy atom. The third kappa shape index (κ3) is 4.13. The second-order valence-electron chi connectivity index (χ2n) is 7.54. The summed E-state index contributed by atoms with van der Waals surface area (Å²) < 4.78 is 1.94. The first-order chi connectivity index (χ1) is 14.7. The number of rotatable bonds is 5. The highest BCUT2D eigenvalue weighted by Gasteiger charge is 2.24. The number of amides is 2. The minimum Gasteiger partial charge on any atom is -0.355 e. The van der Waals surface area contributed by atoms with Crippen LogP contribution in [-0.2, 0) is 19.4 Å². The van der Waals surface area contributed by atoms with Crippen molar-refractivity contribution in [3.05, 3.63) is 82.7 Å². The van der Waals surface area contributed by atoms with Crippen molar-refractivity contribution in [2.45, 2.75) is 38.6 Å². The smallest absolute Gasteiger partial charge is 0.272 e. The van der Waals surface area contributed by atoms with Crippen molar-refractivity contribution < 1.29 is 9.59 Å². The van der Waals surface area contributed by atoms with Gasteiger partial charge in [-0.05, 0) is 55.5 Å². The fourth-order valence-corrected chi connectivity index (χ4v) is 3.93. The minimum atomic E-state index is -0.154. The molecule has 154 valence electrons. The average molecular weight is 402 g/mol. The van der Waals surface area contributed by atoms with Crippen LogP contribution in [0.3, 0.4) is 0 Å². The van der Waals surface area contributed by atoms with E-state index in [4.69, 9.17) is 5.10 Å². The molecule has 4 rings (SSSR count). The maximum absolute atomic E-state index is 13.0. The van der Waals surface area contributed by atoms with E-state index in [2.05, 4.69) is 10.6 Å². The first-order valence-corrected chi connectivity index (χ1v) is 10.4. The molecule has 0 fully saturated rings. The molecule has 0 atom stereocenters. The summed E-state index contributed by atoms with van der Waals surface area (Å²) in [5.41, 5.74) is 5.27. The Morgan fingerprint density at radius 3 is 2.40 bits per heavy atom. The molecule has 1 aliphatic rings. The summed E-state index contributed by atoms with van der Waals surface area (Å²) in [7, 11) is 1.61. The zero-order valence-corrected chi connectivity index (χ0v) is 17.1. The van der Waals surface area contributed by atoms with Crippen LogP contribution in [0.25, 0.3) is 5.69 Å². The Labute approximate surface area is 176 Å². The number of carbonyl (C=O) groups is 2. The van der Waals surface area contributed by atoms with Crippen molar-refractivity contribution in [2.24, 2.45) is 0 Å². The average Bonchev–Trinajstić information content (AvgIpc) is 2.98. The molecular formula is C24H26N4O2. The highest BCUT2D eigenvalue weighted by atomic mass is 16.2. The van der Waals surface area contributed by atoms with Crippen molar-refractivity contribution in [3.8, 4) is 5.69 Å². The van der Waals surface area contributed by atoms with Gasteiger partial charge in [-0.1, -0.05) is 36.8 Å². The molecule has 1 aliphatic carbocycles. The second-order valence-corrected chi connectivity index (χ2v) is 7.54. The summed E-state index contributed by atoms with van der Waals surface area (Å²) in [6.45, 7) is 0.389. The van der Waals surface area contributed by atoms with Gasteiger partial charge in [-0.3, -0.25) is 9.59 Å². The van der Waals surface area contributed by atoms with Crippen LogP contribution in [0.4, 0.5) is 0 Å². The van der Waals surface area contributed by atoms with Crippen LogP contribution in [0.2, 0.25) is 0 Å². The number of para-hydroxylation sites is 1. The molecule has 2 aromatic carbocycles. The molecule has 2 N–H and O–H groups in total. The molecule has 1 aromatic heterocycles. The van der Waals surface area contributed by atoms with E-state index in [1.54, 1.807) is 19.2 Å². The number of hydrogen-bond acceptors (Lipinski definition) is 3. The SMILES string of the molecule is CNC(=O)c1ccc(CNC(=O)c2nn(-c3ccccc3)c3c2CCCCC3)cc1. The van der Waals surface area contributed by atoms with Gasteiger partial charge < -0.3 is 10.6 Å². The van der Waals surface area contributed by atoms with Gasteiger partial charge in [-0.15, -0.1) is 0 Å². The maximum atomic E-state index is 13.0.